The van der Waals surface area contributed by atoms with Crippen LogP contribution in [0.25, 0.3) is 5.76 Å². The summed E-state index contributed by atoms with van der Waals surface area (Å²) in [5, 5.41) is 11.5. The van der Waals surface area contributed by atoms with Crippen LogP contribution in [0.4, 0.5) is 5.69 Å². The van der Waals surface area contributed by atoms with E-state index in [1.165, 1.54) is 16.0 Å². The monoisotopic (exact) mass is 497 g/mol. The number of nitrogens with zero attached hydrogens (tertiary/aromatic N) is 1. The van der Waals surface area contributed by atoms with Crippen LogP contribution in [0.15, 0.2) is 66.2 Å². The van der Waals surface area contributed by atoms with Crippen LogP contribution in [0.3, 0.4) is 0 Å². The van der Waals surface area contributed by atoms with Gasteiger partial charge in [0.25, 0.3) is 11.7 Å². The SMILES string of the molecule is COc1cccc(C2/C(=C(\O)c3ccc4c(c3)CCCC4)C(=O)C(=O)N2c2ccc3c(c2)OCCO3)c1. The van der Waals surface area contributed by atoms with Gasteiger partial charge in [-0.1, -0.05) is 24.3 Å². The molecule has 1 aliphatic carbocycles. The predicted octanol–water partition coefficient (Wildman–Crippen LogP) is 4.97. The van der Waals surface area contributed by atoms with Crippen LogP contribution >= 0.6 is 0 Å². The number of ketones is 1. The Hall–Kier alpha value is -4.26. The van der Waals surface area contributed by atoms with Crippen molar-refractivity contribution >= 4 is 23.1 Å². The van der Waals surface area contributed by atoms with E-state index < -0.39 is 17.7 Å². The van der Waals surface area contributed by atoms with Crippen molar-refractivity contribution in [1.29, 1.82) is 0 Å². The highest BCUT2D eigenvalue weighted by atomic mass is 16.6. The smallest absolute Gasteiger partial charge is 0.300 e. The summed E-state index contributed by atoms with van der Waals surface area (Å²) >= 11 is 0. The summed E-state index contributed by atoms with van der Waals surface area (Å²) in [6.45, 7) is 0.842. The lowest BCUT2D eigenvalue weighted by atomic mass is 9.88. The van der Waals surface area contributed by atoms with E-state index in [0.717, 1.165) is 25.7 Å². The third-order valence-corrected chi connectivity index (χ3v) is 7.28. The number of aliphatic hydroxyl groups excluding tert-OH is 1. The van der Waals surface area contributed by atoms with Crippen LogP contribution in [0.1, 0.15) is 41.1 Å². The second-order valence-electron chi connectivity index (χ2n) is 9.46. The molecule has 1 unspecified atom stereocenters. The lowest BCUT2D eigenvalue weighted by Gasteiger charge is -2.27. The number of methoxy groups -OCH3 is 1. The first-order chi connectivity index (χ1) is 18.0. The largest absolute Gasteiger partial charge is 0.507 e. The number of hydrogen-bond acceptors (Lipinski definition) is 6. The normalized spacial score (nSPS) is 20.0. The van der Waals surface area contributed by atoms with Crippen molar-refractivity contribution in [1.82, 2.24) is 0 Å². The Labute approximate surface area is 214 Å². The van der Waals surface area contributed by atoms with Gasteiger partial charge in [-0.25, -0.2) is 0 Å². The van der Waals surface area contributed by atoms with Crippen LogP contribution in [0.5, 0.6) is 17.2 Å². The van der Waals surface area contributed by atoms with E-state index in [4.69, 9.17) is 14.2 Å². The number of benzene rings is 3. The zero-order valence-corrected chi connectivity index (χ0v) is 20.5. The number of amides is 1. The van der Waals surface area contributed by atoms with Crippen molar-refractivity contribution in [2.24, 2.45) is 0 Å². The van der Waals surface area contributed by atoms with Crippen molar-refractivity contribution in [3.63, 3.8) is 0 Å². The molecule has 7 heteroatoms. The van der Waals surface area contributed by atoms with Crippen LogP contribution in [-0.2, 0) is 22.4 Å². The molecule has 2 heterocycles. The van der Waals surface area contributed by atoms with Gasteiger partial charge < -0.3 is 19.3 Å². The first-order valence-electron chi connectivity index (χ1n) is 12.5. The number of fused-ring (bicyclic) bond motifs is 2. The predicted molar refractivity (Wildman–Crippen MR) is 138 cm³/mol. The van der Waals surface area contributed by atoms with Crippen molar-refractivity contribution in [2.45, 2.75) is 31.7 Å². The fourth-order valence-corrected chi connectivity index (χ4v) is 5.44. The van der Waals surface area contributed by atoms with E-state index in [9.17, 15) is 14.7 Å². The molecule has 1 N–H and O–H groups in total. The van der Waals surface area contributed by atoms with Crippen LogP contribution < -0.4 is 19.1 Å². The minimum absolute atomic E-state index is 0.0453. The number of anilines is 1. The van der Waals surface area contributed by atoms with E-state index in [1.54, 1.807) is 43.5 Å². The van der Waals surface area contributed by atoms with Crippen molar-refractivity contribution in [3.05, 3.63) is 88.5 Å². The third-order valence-electron chi connectivity index (χ3n) is 7.28. The lowest BCUT2D eigenvalue weighted by Crippen LogP contribution is -2.29. The van der Waals surface area contributed by atoms with Crippen molar-refractivity contribution < 1.29 is 28.9 Å². The molecule has 1 saturated heterocycles. The minimum atomic E-state index is -0.853. The molecule has 188 valence electrons. The molecule has 0 bridgehead atoms. The summed E-state index contributed by atoms with van der Waals surface area (Å²) in [6.07, 6.45) is 4.18. The summed E-state index contributed by atoms with van der Waals surface area (Å²) in [4.78, 5) is 28.5. The van der Waals surface area contributed by atoms with Gasteiger partial charge in [-0.15, -0.1) is 0 Å². The molecule has 3 aromatic carbocycles. The zero-order chi connectivity index (χ0) is 25.5. The first-order valence-corrected chi connectivity index (χ1v) is 12.5. The molecule has 0 aromatic heterocycles. The quantitative estimate of drug-likeness (QED) is 0.311. The molecule has 7 nitrogen and oxygen atoms in total. The molecule has 1 amide bonds. The molecule has 2 aliphatic heterocycles. The van der Waals surface area contributed by atoms with Gasteiger partial charge in [0.15, 0.2) is 11.5 Å². The van der Waals surface area contributed by atoms with Gasteiger partial charge in [0.1, 0.15) is 24.7 Å². The van der Waals surface area contributed by atoms with Crippen molar-refractivity contribution in [3.8, 4) is 17.2 Å². The third kappa shape index (κ3) is 4.00. The van der Waals surface area contributed by atoms with Gasteiger partial charge in [0, 0.05) is 17.3 Å². The maximum Gasteiger partial charge on any atom is 0.300 e. The second-order valence-corrected chi connectivity index (χ2v) is 9.46. The second kappa shape index (κ2) is 9.32. The number of ether oxygens (including phenoxy) is 3. The molecule has 0 saturated carbocycles. The molecule has 0 spiro atoms. The average molecular weight is 498 g/mol. The van der Waals surface area contributed by atoms with E-state index >= 15 is 0 Å². The van der Waals surface area contributed by atoms with Crippen LogP contribution in [0.2, 0.25) is 0 Å². The number of carbonyl (C=O) groups is 2. The van der Waals surface area contributed by atoms with Crippen molar-refractivity contribution in [2.75, 3.05) is 25.2 Å². The molecular formula is C30H27NO6. The Bertz CT molecular complexity index is 1440. The fourth-order valence-electron chi connectivity index (χ4n) is 5.44. The highest BCUT2D eigenvalue weighted by Crippen LogP contribution is 2.45. The number of Topliss-reactive ketones (excluding diaryl/α,β-unsaturated/α-hetero) is 1. The molecule has 1 atom stereocenters. The van der Waals surface area contributed by atoms with E-state index in [2.05, 4.69) is 0 Å². The van der Waals surface area contributed by atoms with E-state index in [1.807, 2.05) is 24.3 Å². The van der Waals surface area contributed by atoms with Crippen LogP contribution in [-0.4, -0.2) is 37.1 Å². The Morgan fingerprint density at radius 1 is 0.919 bits per heavy atom. The number of aliphatic hydroxyl groups is 1. The van der Waals surface area contributed by atoms with Gasteiger partial charge in [-0.2, -0.15) is 0 Å². The topological polar surface area (TPSA) is 85.3 Å². The number of aryl methyl sites for hydroxylation is 2. The van der Waals surface area contributed by atoms with Gasteiger partial charge in [-0.3, -0.25) is 14.5 Å². The molecule has 1 fully saturated rings. The van der Waals surface area contributed by atoms with E-state index in [0.29, 0.717) is 47.3 Å². The summed E-state index contributed by atoms with van der Waals surface area (Å²) in [7, 11) is 1.56. The van der Waals surface area contributed by atoms with Gasteiger partial charge in [0.2, 0.25) is 0 Å². The number of carbonyl (C=O) groups excluding carboxylic acids is 2. The standard InChI is InChI=1S/C30H27NO6/c1-35-23-8-4-7-20(16-23)27-26(28(32)21-10-9-18-5-2-3-6-19(18)15-21)29(33)30(34)31(27)22-11-12-24-25(17-22)37-14-13-36-24/h4,7-12,15-17,27,32H,2-3,5-6,13-14H2,1H3/b28-26+. The molecule has 3 aliphatic rings. The first kappa shape index (κ1) is 23.2. The molecule has 3 aromatic rings. The number of hydrogen-bond donors (Lipinski definition) is 1. The summed E-state index contributed by atoms with van der Waals surface area (Å²) < 4.78 is 16.8. The Morgan fingerprint density at radius 3 is 2.51 bits per heavy atom. The summed E-state index contributed by atoms with van der Waals surface area (Å²) in [5.74, 6) is 0.0314. The minimum Gasteiger partial charge on any atom is -0.507 e. The lowest BCUT2D eigenvalue weighted by molar-refractivity contribution is -0.132. The average Bonchev–Trinajstić information content (AvgIpc) is 3.22. The van der Waals surface area contributed by atoms with Crippen LogP contribution in [0, 0.1) is 0 Å². The Balaban J connectivity index is 1.52. The fraction of sp³-hybridized carbons (Fsp3) is 0.267. The maximum atomic E-state index is 13.5. The highest BCUT2D eigenvalue weighted by Gasteiger charge is 2.47. The molecule has 0 radical (unpaired) electrons. The van der Waals surface area contributed by atoms with Gasteiger partial charge in [-0.05, 0) is 72.7 Å². The summed E-state index contributed by atoms with van der Waals surface area (Å²) in [6, 6.07) is 17.3. The number of rotatable bonds is 4. The maximum absolute atomic E-state index is 13.5. The van der Waals surface area contributed by atoms with Gasteiger partial charge >= 0.3 is 0 Å². The molecule has 37 heavy (non-hydrogen) atoms. The highest BCUT2D eigenvalue weighted by molar-refractivity contribution is 6.51. The molecular weight excluding hydrogens is 470 g/mol. The Morgan fingerprint density at radius 2 is 1.70 bits per heavy atom. The van der Waals surface area contributed by atoms with E-state index in [-0.39, 0.29) is 11.3 Å². The summed E-state index contributed by atoms with van der Waals surface area (Å²) in [5.41, 5.74) is 4.15. The zero-order valence-electron chi connectivity index (χ0n) is 20.5. The van der Waals surface area contributed by atoms with Gasteiger partial charge in [0.05, 0.1) is 18.7 Å². The molecule has 6 rings (SSSR count). The Kier molecular flexibility index (Phi) is 5.83.